The maximum atomic E-state index is 13.7. The zero-order valence-corrected chi connectivity index (χ0v) is 26.6. The van der Waals surface area contributed by atoms with E-state index in [0.717, 1.165) is 51.2 Å². The van der Waals surface area contributed by atoms with Crippen LogP contribution in [-0.2, 0) is 20.8 Å². The van der Waals surface area contributed by atoms with Gasteiger partial charge in [-0.05, 0) is 71.6 Å². The van der Waals surface area contributed by atoms with Crippen LogP contribution in [0.4, 0.5) is 10.5 Å². The van der Waals surface area contributed by atoms with E-state index in [4.69, 9.17) is 18.9 Å². The van der Waals surface area contributed by atoms with Crippen molar-refractivity contribution in [2.75, 3.05) is 37.8 Å². The van der Waals surface area contributed by atoms with Crippen molar-refractivity contribution in [1.82, 2.24) is 9.88 Å². The number of aliphatic hydroxyl groups excluding tert-OH is 1. The maximum Gasteiger partial charge on any atom is 0.410 e. The molecule has 234 valence electrons. The Morgan fingerprint density at radius 3 is 2.82 bits per heavy atom. The number of pyridine rings is 1. The van der Waals surface area contributed by atoms with Gasteiger partial charge in [0.05, 0.1) is 52.8 Å². The number of aromatic nitrogens is 1. The summed E-state index contributed by atoms with van der Waals surface area (Å²) in [4.78, 5) is 23.2. The molecule has 10 nitrogen and oxygen atoms in total. The normalized spacial score (nSPS) is 23.7. The predicted molar refractivity (Wildman–Crippen MR) is 168 cm³/mol. The molecule has 1 unspecified atom stereocenters. The Morgan fingerprint density at radius 1 is 1.25 bits per heavy atom. The lowest BCUT2D eigenvalue weighted by molar-refractivity contribution is -0.177. The molecule has 0 bridgehead atoms. The molecule has 0 radical (unpaired) electrons. The highest BCUT2D eigenvalue weighted by atomic mass is 32.1. The largest absolute Gasteiger partial charge is 0.489 e. The van der Waals surface area contributed by atoms with E-state index >= 15 is 0 Å². The molecule has 2 saturated heterocycles. The first-order chi connectivity index (χ1) is 21.1. The van der Waals surface area contributed by atoms with Gasteiger partial charge in [0.1, 0.15) is 18.0 Å². The van der Waals surface area contributed by atoms with Crippen molar-refractivity contribution in [3.8, 4) is 22.9 Å². The van der Waals surface area contributed by atoms with Gasteiger partial charge in [0, 0.05) is 47.5 Å². The predicted octanol–water partition coefficient (Wildman–Crippen LogP) is 5.84. The van der Waals surface area contributed by atoms with Gasteiger partial charge in [-0.25, -0.2) is 4.79 Å². The first-order valence-electron chi connectivity index (χ1n) is 15.3. The summed E-state index contributed by atoms with van der Waals surface area (Å²) in [5, 5.41) is 19.8. The fourth-order valence-corrected chi connectivity index (χ4v) is 7.48. The van der Waals surface area contributed by atoms with Crippen molar-refractivity contribution in [3.63, 3.8) is 0 Å². The molecule has 5 heterocycles. The minimum atomic E-state index is -0.642. The van der Waals surface area contributed by atoms with Crippen LogP contribution in [0.3, 0.4) is 0 Å². The van der Waals surface area contributed by atoms with Crippen LogP contribution in [0.25, 0.3) is 21.3 Å². The number of hydrogen-bond acceptors (Lipinski definition) is 10. The van der Waals surface area contributed by atoms with Crippen molar-refractivity contribution in [1.29, 1.82) is 5.26 Å². The minimum Gasteiger partial charge on any atom is -0.489 e. The van der Waals surface area contributed by atoms with Crippen molar-refractivity contribution in [2.24, 2.45) is 0 Å². The number of fused-ring (bicyclic) bond motifs is 2. The average molecular weight is 621 g/mol. The topological polar surface area (TPSA) is 117 Å². The Balaban J connectivity index is 1.39. The Labute approximate surface area is 262 Å². The van der Waals surface area contributed by atoms with E-state index < -0.39 is 11.1 Å². The lowest BCUT2D eigenvalue weighted by Gasteiger charge is -2.38. The number of amides is 1. The van der Waals surface area contributed by atoms with Crippen LogP contribution in [-0.4, -0.2) is 77.5 Å². The van der Waals surface area contributed by atoms with E-state index in [0.29, 0.717) is 50.6 Å². The lowest BCUT2D eigenvalue weighted by Crippen LogP contribution is -2.50. The molecule has 1 amide bonds. The number of carbonyl (C=O) groups is 1. The standard InChI is InChI=1S/C33H40N4O6S/c1-32(2,3)43-31(39)37-18-22(16-33(37,4)20-42-28-7-5-6-11-41-28)36-10-12-40-27-14-21(17-34)13-25(29(27)36)24-8-9-35-26-15-23(19-38)44-30(24)26/h8-9,13-15,22,28,38H,5-7,10-12,16,18-20H2,1-4H3/t22-,28?,33+/m0/s1. The molecule has 3 atom stereocenters. The summed E-state index contributed by atoms with van der Waals surface area (Å²) in [7, 11) is 0. The zero-order chi connectivity index (χ0) is 31.1. The monoisotopic (exact) mass is 620 g/mol. The second-order valence-corrected chi connectivity index (χ2v) is 14.2. The van der Waals surface area contributed by atoms with Crippen LogP contribution in [0.2, 0.25) is 0 Å². The SMILES string of the molecule is CC(C)(C)OC(=O)N1C[C@@H](N2CCOc3cc(C#N)cc(-c4ccnc5cc(CO)sc45)c32)C[C@]1(C)COC1CCCCO1. The fraction of sp³-hybridized carbons (Fsp3) is 0.545. The number of rotatable bonds is 6. The van der Waals surface area contributed by atoms with Crippen LogP contribution in [0.1, 0.15) is 63.8 Å². The third-order valence-electron chi connectivity index (χ3n) is 8.48. The van der Waals surface area contributed by atoms with Gasteiger partial charge in [-0.3, -0.25) is 9.88 Å². The van der Waals surface area contributed by atoms with E-state index in [1.807, 2.05) is 43.9 Å². The first kappa shape index (κ1) is 30.6. The number of likely N-dealkylation sites (tertiary alicyclic amines) is 1. The molecular formula is C33H40N4O6S. The van der Waals surface area contributed by atoms with Crippen molar-refractivity contribution in [3.05, 3.63) is 40.9 Å². The molecular weight excluding hydrogens is 580 g/mol. The molecule has 0 spiro atoms. The third-order valence-corrected chi connectivity index (χ3v) is 9.63. The second-order valence-electron chi connectivity index (χ2n) is 13.0. The molecule has 0 aliphatic carbocycles. The third kappa shape index (κ3) is 6.09. The number of anilines is 1. The van der Waals surface area contributed by atoms with Crippen molar-refractivity contribution >= 4 is 33.3 Å². The molecule has 1 N–H and O–H groups in total. The lowest BCUT2D eigenvalue weighted by atomic mass is 9.95. The summed E-state index contributed by atoms with van der Waals surface area (Å²) in [5.41, 5.74) is 2.69. The maximum absolute atomic E-state index is 13.7. The zero-order valence-electron chi connectivity index (χ0n) is 25.8. The number of thiophene rings is 1. The highest BCUT2D eigenvalue weighted by Gasteiger charge is 2.49. The molecule has 2 aromatic heterocycles. The molecule has 6 rings (SSSR count). The van der Waals surface area contributed by atoms with Gasteiger partial charge in [0.2, 0.25) is 0 Å². The smallest absolute Gasteiger partial charge is 0.410 e. The molecule has 3 aliphatic rings. The summed E-state index contributed by atoms with van der Waals surface area (Å²) in [6.07, 6.45) is 4.70. The average Bonchev–Trinajstić information content (AvgIpc) is 3.60. The molecule has 3 aliphatic heterocycles. The van der Waals surface area contributed by atoms with Gasteiger partial charge in [0.25, 0.3) is 0 Å². The first-order valence-corrected chi connectivity index (χ1v) is 16.1. The summed E-state index contributed by atoms with van der Waals surface area (Å²) in [5.74, 6) is 0.637. The van der Waals surface area contributed by atoms with Gasteiger partial charge in [-0.2, -0.15) is 5.26 Å². The summed E-state index contributed by atoms with van der Waals surface area (Å²) in [6.45, 7) is 10.1. The molecule has 0 saturated carbocycles. The molecule has 3 aromatic rings. The summed E-state index contributed by atoms with van der Waals surface area (Å²) >= 11 is 1.49. The highest BCUT2D eigenvalue weighted by Crippen LogP contribution is 2.48. The molecule has 11 heteroatoms. The van der Waals surface area contributed by atoms with Gasteiger partial charge in [0.15, 0.2) is 6.29 Å². The molecule has 44 heavy (non-hydrogen) atoms. The van der Waals surface area contributed by atoms with Crippen molar-refractivity contribution in [2.45, 2.75) is 83.5 Å². The van der Waals surface area contributed by atoms with E-state index in [1.165, 1.54) is 11.3 Å². The number of nitriles is 1. The minimum absolute atomic E-state index is 0.0635. The quantitative estimate of drug-likeness (QED) is 0.363. The van der Waals surface area contributed by atoms with E-state index in [1.54, 1.807) is 12.3 Å². The molecule has 1 aromatic carbocycles. The molecule has 2 fully saturated rings. The second kappa shape index (κ2) is 12.2. The van der Waals surface area contributed by atoms with E-state index in [2.05, 4.69) is 22.9 Å². The Bertz CT molecular complexity index is 1570. The summed E-state index contributed by atoms with van der Waals surface area (Å²) < 4.78 is 25.2. The van der Waals surface area contributed by atoms with Gasteiger partial charge in [-0.1, -0.05) is 0 Å². The Morgan fingerprint density at radius 2 is 2.09 bits per heavy atom. The number of hydrogen-bond donors (Lipinski definition) is 1. The van der Waals surface area contributed by atoms with Crippen molar-refractivity contribution < 1.29 is 28.8 Å². The van der Waals surface area contributed by atoms with Gasteiger partial charge in [-0.15, -0.1) is 11.3 Å². The van der Waals surface area contributed by atoms with Crippen LogP contribution in [0, 0.1) is 11.3 Å². The Hall–Kier alpha value is -3.43. The highest BCUT2D eigenvalue weighted by molar-refractivity contribution is 7.19. The van der Waals surface area contributed by atoms with Gasteiger partial charge < -0.3 is 29.0 Å². The number of benzene rings is 1. The summed E-state index contributed by atoms with van der Waals surface area (Å²) in [6, 6.07) is 9.77. The van der Waals surface area contributed by atoms with Crippen LogP contribution in [0.5, 0.6) is 5.75 Å². The van der Waals surface area contributed by atoms with Crippen LogP contribution < -0.4 is 9.64 Å². The van der Waals surface area contributed by atoms with Crippen LogP contribution in [0.15, 0.2) is 30.5 Å². The number of carbonyl (C=O) groups excluding carboxylic acids is 1. The number of ether oxygens (including phenoxy) is 4. The number of nitrogens with zero attached hydrogens (tertiary/aromatic N) is 4. The fourth-order valence-electron chi connectivity index (χ4n) is 6.48. The number of aliphatic hydroxyl groups is 1. The Kier molecular flexibility index (Phi) is 8.46. The van der Waals surface area contributed by atoms with Crippen LogP contribution >= 0.6 is 11.3 Å². The van der Waals surface area contributed by atoms with E-state index in [-0.39, 0.29) is 25.0 Å². The van der Waals surface area contributed by atoms with E-state index in [9.17, 15) is 15.2 Å². The van der Waals surface area contributed by atoms with Gasteiger partial charge >= 0.3 is 6.09 Å².